The third kappa shape index (κ3) is 3.94. The van der Waals surface area contributed by atoms with Gasteiger partial charge in [0.2, 0.25) is 0 Å². The van der Waals surface area contributed by atoms with Gasteiger partial charge in [-0.05, 0) is 48.7 Å². The highest BCUT2D eigenvalue weighted by molar-refractivity contribution is 5.94. The van der Waals surface area contributed by atoms with Crippen LogP contribution in [0.25, 0.3) is 0 Å². The second-order valence-electron chi connectivity index (χ2n) is 6.10. The van der Waals surface area contributed by atoms with Crippen LogP contribution in [0.4, 0.5) is 14.5 Å². The summed E-state index contributed by atoms with van der Waals surface area (Å²) in [6, 6.07) is 12.4. The standard InChI is InChI=1S/C19H17F2N3O/c20-17-6-5-16(9-18(17)21)24-8-7-14(12-24)11-23-19(25)15-3-1-13(10-22)2-4-15/h1-6,9,14H,7-8,11-12H2,(H,23,25). The predicted octanol–water partition coefficient (Wildman–Crippen LogP) is 3.09. The Morgan fingerprint density at radius 1 is 1.20 bits per heavy atom. The Bertz CT molecular complexity index is 814. The average Bonchev–Trinajstić information content (AvgIpc) is 3.11. The molecule has 1 N–H and O–H groups in total. The van der Waals surface area contributed by atoms with Crippen molar-refractivity contribution in [3.63, 3.8) is 0 Å². The van der Waals surface area contributed by atoms with Gasteiger partial charge >= 0.3 is 0 Å². The Morgan fingerprint density at radius 2 is 1.96 bits per heavy atom. The number of rotatable bonds is 4. The molecule has 0 aromatic heterocycles. The minimum atomic E-state index is -0.853. The first kappa shape index (κ1) is 16.9. The Labute approximate surface area is 144 Å². The summed E-state index contributed by atoms with van der Waals surface area (Å²) in [5.74, 6) is -1.64. The molecule has 0 spiro atoms. The third-order valence-corrected chi connectivity index (χ3v) is 4.38. The van der Waals surface area contributed by atoms with Gasteiger partial charge in [0.25, 0.3) is 5.91 Å². The van der Waals surface area contributed by atoms with Crippen molar-refractivity contribution in [1.29, 1.82) is 5.26 Å². The van der Waals surface area contributed by atoms with Crippen LogP contribution in [-0.4, -0.2) is 25.5 Å². The van der Waals surface area contributed by atoms with Gasteiger partial charge in [0.15, 0.2) is 11.6 Å². The smallest absolute Gasteiger partial charge is 0.251 e. The topological polar surface area (TPSA) is 56.1 Å². The molecule has 1 atom stereocenters. The number of halogens is 2. The van der Waals surface area contributed by atoms with E-state index in [1.54, 1.807) is 30.3 Å². The summed E-state index contributed by atoms with van der Waals surface area (Å²) in [6.45, 7) is 1.93. The highest BCUT2D eigenvalue weighted by Gasteiger charge is 2.24. The third-order valence-electron chi connectivity index (χ3n) is 4.38. The van der Waals surface area contributed by atoms with E-state index in [-0.39, 0.29) is 11.8 Å². The van der Waals surface area contributed by atoms with Crippen molar-refractivity contribution >= 4 is 11.6 Å². The maximum Gasteiger partial charge on any atom is 0.251 e. The van der Waals surface area contributed by atoms with Gasteiger partial charge in [-0.2, -0.15) is 5.26 Å². The summed E-state index contributed by atoms with van der Waals surface area (Å²) in [4.78, 5) is 14.1. The van der Waals surface area contributed by atoms with Gasteiger partial charge in [0.05, 0.1) is 11.6 Å². The lowest BCUT2D eigenvalue weighted by Crippen LogP contribution is -2.31. The second-order valence-corrected chi connectivity index (χ2v) is 6.10. The Kier molecular flexibility index (Phi) is 4.94. The number of carbonyl (C=O) groups is 1. The second kappa shape index (κ2) is 7.31. The van der Waals surface area contributed by atoms with E-state index >= 15 is 0 Å². The van der Waals surface area contributed by atoms with Crippen LogP contribution in [-0.2, 0) is 0 Å². The molecule has 1 heterocycles. The lowest BCUT2D eigenvalue weighted by atomic mass is 10.1. The molecule has 128 valence electrons. The monoisotopic (exact) mass is 341 g/mol. The molecule has 2 aromatic rings. The minimum absolute atomic E-state index is 0.184. The highest BCUT2D eigenvalue weighted by Crippen LogP contribution is 2.25. The van der Waals surface area contributed by atoms with E-state index in [9.17, 15) is 13.6 Å². The van der Waals surface area contributed by atoms with Crippen LogP contribution >= 0.6 is 0 Å². The number of hydrogen-bond donors (Lipinski definition) is 1. The van der Waals surface area contributed by atoms with Crippen LogP contribution < -0.4 is 10.2 Å². The van der Waals surface area contributed by atoms with Gasteiger partial charge in [0, 0.05) is 37.0 Å². The van der Waals surface area contributed by atoms with Gasteiger partial charge in [-0.25, -0.2) is 8.78 Å². The Morgan fingerprint density at radius 3 is 2.64 bits per heavy atom. The number of carbonyl (C=O) groups excluding carboxylic acids is 1. The fraction of sp³-hybridized carbons (Fsp3) is 0.263. The molecule has 1 saturated heterocycles. The summed E-state index contributed by atoms with van der Waals surface area (Å²) >= 11 is 0. The highest BCUT2D eigenvalue weighted by atomic mass is 19.2. The predicted molar refractivity (Wildman–Crippen MR) is 90.2 cm³/mol. The molecule has 3 rings (SSSR count). The van der Waals surface area contributed by atoms with Crippen molar-refractivity contribution in [2.24, 2.45) is 5.92 Å². The van der Waals surface area contributed by atoms with Gasteiger partial charge in [-0.15, -0.1) is 0 Å². The number of anilines is 1. The number of benzene rings is 2. The number of nitrogens with zero attached hydrogens (tertiary/aromatic N) is 2. The van der Waals surface area contributed by atoms with Crippen LogP contribution in [0.5, 0.6) is 0 Å². The van der Waals surface area contributed by atoms with E-state index in [4.69, 9.17) is 5.26 Å². The van der Waals surface area contributed by atoms with Crippen molar-refractivity contribution in [3.8, 4) is 6.07 Å². The quantitative estimate of drug-likeness (QED) is 0.930. The van der Waals surface area contributed by atoms with Crippen molar-refractivity contribution < 1.29 is 13.6 Å². The first-order chi connectivity index (χ1) is 12.1. The number of hydrogen-bond acceptors (Lipinski definition) is 3. The van der Waals surface area contributed by atoms with Gasteiger partial charge < -0.3 is 10.2 Å². The number of nitriles is 1. The molecule has 1 unspecified atom stereocenters. The Balaban J connectivity index is 1.53. The molecule has 0 saturated carbocycles. The Hall–Kier alpha value is -2.94. The molecular formula is C19H17F2N3O. The lowest BCUT2D eigenvalue weighted by molar-refractivity contribution is 0.0948. The fourth-order valence-corrected chi connectivity index (χ4v) is 2.95. The van der Waals surface area contributed by atoms with E-state index in [1.807, 2.05) is 11.0 Å². The van der Waals surface area contributed by atoms with E-state index in [1.165, 1.54) is 6.07 Å². The van der Waals surface area contributed by atoms with Crippen molar-refractivity contribution in [2.75, 3.05) is 24.5 Å². The van der Waals surface area contributed by atoms with Crippen LogP contribution in [0.3, 0.4) is 0 Å². The maximum atomic E-state index is 13.3. The summed E-state index contributed by atoms with van der Waals surface area (Å²) in [5, 5.41) is 11.7. The van der Waals surface area contributed by atoms with E-state index in [2.05, 4.69) is 5.32 Å². The van der Waals surface area contributed by atoms with Crippen LogP contribution in [0, 0.1) is 28.9 Å². The molecule has 1 fully saturated rings. The molecule has 4 nitrogen and oxygen atoms in total. The van der Waals surface area contributed by atoms with E-state index in [0.717, 1.165) is 19.0 Å². The maximum absolute atomic E-state index is 13.3. The fourth-order valence-electron chi connectivity index (χ4n) is 2.95. The molecule has 1 amide bonds. The van der Waals surface area contributed by atoms with Crippen LogP contribution in [0.15, 0.2) is 42.5 Å². The molecule has 1 aliphatic heterocycles. The van der Waals surface area contributed by atoms with Crippen LogP contribution in [0.1, 0.15) is 22.3 Å². The molecular weight excluding hydrogens is 324 g/mol. The SMILES string of the molecule is N#Cc1ccc(C(=O)NCC2CCN(c3ccc(F)c(F)c3)C2)cc1. The van der Waals surface area contributed by atoms with Gasteiger partial charge in [-0.1, -0.05) is 0 Å². The first-order valence-corrected chi connectivity index (χ1v) is 8.05. The molecule has 1 aliphatic rings. The largest absolute Gasteiger partial charge is 0.371 e. The average molecular weight is 341 g/mol. The van der Waals surface area contributed by atoms with Crippen molar-refractivity contribution in [1.82, 2.24) is 5.32 Å². The van der Waals surface area contributed by atoms with Crippen molar-refractivity contribution in [3.05, 3.63) is 65.2 Å². The van der Waals surface area contributed by atoms with Gasteiger partial charge in [-0.3, -0.25) is 4.79 Å². The van der Waals surface area contributed by atoms with Crippen molar-refractivity contribution in [2.45, 2.75) is 6.42 Å². The molecule has 0 bridgehead atoms. The zero-order valence-corrected chi connectivity index (χ0v) is 13.5. The lowest BCUT2D eigenvalue weighted by Gasteiger charge is -2.19. The summed E-state index contributed by atoms with van der Waals surface area (Å²) in [5.41, 5.74) is 1.67. The normalized spacial score (nSPS) is 16.5. The van der Waals surface area contributed by atoms with Crippen LogP contribution in [0.2, 0.25) is 0 Å². The first-order valence-electron chi connectivity index (χ1n) is 8.05. The summed E-state index contributed by atoms with van der Waals surface area (Å²) < 4.78 is 26.4. The summed E-state index contributed by atoms with van der Waals surface area (Å²) in [6.07, 6.45) is 0.868. The molecule has 2 aromatic carbocycles. The summed E-state index contributed by atoms with van der Waals surface area (Å²) in [7, 11) is 0. The zero-order chi connectivity index (χ0) is 17.8. The van der Waals surface area contributed by atoms with E-state index in [0.29, 0.717) is 29.9 Å². The van der Waals surface area contributed by atoms with Gasteiger partial charge in [0.1, 0.15) is 0 Å². The molecule has 0 aliphatic carbocycles. The molecule has 25 heavy (non-hydrogen) atoms. The number of nitrogens with one attached hydrogen (secondary N) is 1. The minimum Gasteiger partial charge on any atom is -0.371 e. The molecule has 0 radical (unpaired) electrons. The number of amides is 1. The van der Waals surface area contributed by atoms with E-state index < -0.39 is 11.6 Å². The zero-order valence-electron chi connectivity index (χ0n) is 13.5. The molecule has 6 heteroatoms.